The van der Waals surface area contributed by atoms with Crippen molar-refractivity contribution in [2.75, 3.05) is 19.0 Å². The zero-order valence-corrected chi connectivity index (χ0v) is 13.9. The second kappa shape index (κ2) is 7.49. The summed E-state index contributed by atoms with van der Waals surface area (Å²) in [6.07, 6.45) is 1.93. The van der Waals surface area contributed by atoms with E-state index >= 15 is 0 Å². The molecule has 0 bridgehead atoms. The molecule has 6 heteroatoms. The highest BCUT2D eigenvalue weighted by Crippen LogP contribution is 2.22. The number of hydrogen-bond acceptors (Lipinski definition) is 4. The lowest BCUT2D eigenvalue weighted by Gasteiger charge is -2.10. The molecule has 3 N–H and O–H groups in total. The number of anilines is 1. The van der Waals surface area contributed by atoms with Gasteiger partial charge in [-0.05, 0) is 38.5 Å². The molecule has 0 saturated heterocycles. The minimum atomic E-state index is -0.221. The molecule has 0 radical (unpaired) electrons. The van der Waals surface area contributed by atoms with Gasteiger partial charge in [-0.2, -0.15) is 5.10 Å². The van der Waals surface area contributed by atoms with Crippen LogP contribution in [0.5, 0.6) is 5.75 Å². The fraction of sp³-hybridized carbons (Fsp3) is 0.294. The van der Waals surface area contributed by atoms with Crippen LogP contribution in [-0.4, -0.2) is 30.3 Å². The highest BCUT2D eigenvalue weighted by Gasteiger charge is 2.09. The SMILES string of the molecule is COc1ccccc1NCC(=O)N/N=C(\C)c1c(C)c[nH]c1C. The van der Waals surface area contributed by atoms with Gasteiger partial charge < -0.3 is 15.0 Å². The van der Waals surface area contributed by atoms with E-state index in [4.69, 9.17) is 4.74 Å². The Morgan fingerprint density at radius 3 is 2.70 bits per heavy atom. The summed E-state index contributed by atoms with van der Waals surface area (Å²) in [4.78, 5) is 15.1. The predicted octanol–water partition coefficient (Wildman–Crippen LogP) is 2.59. The number of methoxy groups -OCH3 is 1. The van der Waals surface area contributed by atoms with E-state index in [0.717, 1.165) is 28.2 Å². The second-order valence-corrected chi connectivity index (χ2v) is 5.26. The van der Waals surface area contributed by atoms with Gasteiger partial charge in [0.05, 0.1) is 25.1 Å². The number of rotatable bonds is 6. The van der Waals surface area contributed by atoms with Crippen molar-refractivity contribution in [1.82, 2.24) is 10.4 Å². The number of aromatic nitrogens is 1. The van der Waals surface area contributed by atoms with Crippen LogP contribution in [0.4, 0.5) is 5.69 Å². The third kappa shape index (κ3) is 4.12. The zero-order chi connectivity index (χ0) is 16.8. The molecule has 0 unspecified atom stereocenters. The molecule has 1 amide bonds. The Morgan fingerprint density at radius 1 is 1.30 bits per heavy atom. The molecule has 1 aromatic heterocycles. The molecule has 6 nitrogen and oxygen atoms in total. The standard InChI is InChI=1S/C17H22N4O2/c1-11-9-18-12(2)17(11)13(3)20-21-16(22)10-19-14-7-5-6-8-15(14)23-4/h5-9,18-19H,10H2,1-4H3,(H,21,22)/b20-13+. The maximum absolute atomic E-state index is 11.9. The van der Waals surface area contributed by atoms with E-state index in [1.165, 1.54) is 0 Å². The van der Waals surface area contributed by atoms with Crippen molar-refractivity contribution in [2.45, 2.75) is 20.8 Å². The quantitative estimate of drug-likeness (QED) is 0.566. The summed E-state index contributed by atoms with van der Waals surface area (Å²) < 4.78 is 5.23. The van der Waals surface area contributed by atoms with Crippen LogP contribution in [0.2, 0.25) is 0 Å². The molecule has 1 aromatic carbocycles. The molecular formula is C17H22N4O2. The number of carbonyl (C=O) groups is 1. The number of nitrogens with zero attached hydrogens (tertiary/aromatic N) is 1. The van der Waals surface area contributed by atoms with Crippen LogP contribution in [0.15, 0.2) is 35.6 Å². The highest BCUT2D eigenvalue weighted by molar-refractivity contribution is 6.01. The first-order valence-electron chi connectivity index (χ1n) is 7.38. The van der Waals surface area contributed by atoms with Crippen molar-refractivity contribution in [3.05, 3.63) is 47.3 Å². The Hall–Kier alpha value is -2.76. The maximum atomic E-state index is 11.9. The lowest BCUT2D eigenvalue weighted by Crippen LogP contribution is -2.27. The van der Waals surface area contributed by atoms with Crippen LogP contribution < -0.4 is 15.5 Å². The summed E-state index contributed by atoms with van der Waals surface area (Å²) in [5, 5.41) is 7.20. The number of H-pyrrole nitrogens is 1. The summed E-state index contributed by atoms with van der Waals surface area (Å²) in [6, 6.07) is 7.44. The summed E-state index contributed by atoms with van der Waals surface area (Å²) in [5.41, 5.74) is 7.27. The van der Waals surface area contributed by atoms with E-state index < -0.39 is 0 Å². The first kappa shape index (κ1) is 16.6. The first-order valence-corrected chi connectivity index (χ1v) is 7.38. The second-order valence-electron chi connectivity index (χ2n) is 5.26. The molecule has 0 saturated carbocycles. The van der Waals surface area contributed by atoms with Crippen LogP contribution in [-0.2, 0) is 4.79 Å². The largest absolute Gasteiger partial charge is 0.495 e. The van der Waals surface area contributed by atoms with Gasteiger partial charge in [0.25, 0.3) is 5.91 Å². The highest BCUT2D eigenvalue weighted by atomic mass is 16.5. The third-order valence-corrected chi connectivity index (χ3v) is 3.53. The minimum absolute atomic E-state index is 0.113. The van der Waals surface area contributed by atoms with Crippen LogP contribution in [0.1, 0.15) is 23.7 Å². The molecule has 23 heavy (non-hydrogen) atoms. The van der Waals surface area contributed by atoms with Gasteiger partial charge in [-0.3, -0.25) is 4.79 Å². The van der Waals surface area contributed by atoms with E-state index in [2.05, 4.69) is 20.8 Å². The molecule has 0 aliphatic rings. The number of aryl methyl sites for hydroxylation is 2. The van der Waals surface area contributed by atoms with Crippen LogP contribution >= 0.6 is 0 Å². The van der Waals surface area contributed by atoms with E-state index in [9.17, 15) is 4.79 Å². The minimum Gasteiger partial charge on any atom is -0.495 e. The topological polar surface area (TPSA) is 78.5 Å². The summed E-state index contributed by atoms with van der Waals surface area (Å²) >= 11 is 0. The number of benzene rings is 1. The number of para-hydroxylation sites is 2. The Bertz CT molecular complexity index is 700. The molecule has 2 aromatic rings. The normalized spacial score (nSPS) is 11.2. The lowest BCUT2D eigenvalue weighted by atomic mass is 10.1. The van der Waals surface area contributed by atoms with Crippen molar-refractivity contribution in [2.24, 2.45) is 5.10 Å². The molecule has 0 spiro atoms. The molecule has 0 aliphatic heterocycles. The van der Waals surface area contributed by atoms with Gasteiger partial charge in [-0.15, -0.1) is 0 Å². The van der Waals surface area contributed by atoms with Gasteiger partial charge in [0.15, 0.2) is 0 Å². The van der Waals surface area contributed by atoms with E-state index in [1.54, 1.807) is 7.11 Å². The average Bonchev–Trinajstić information content (AvgIpc) is 2.89. The van der Waals surface area contributed by atoms with Gasteiger partial charge in [0.2, 0.25) is 0 Å². The molecular weight excluding hydrogens is 292 g/mol. The Morgan fingerprint density at radius 2 is 2.04 bits per heavy atom. The van der Waals surface area contributed by atoms with E-state index in [0.29, 0.717) is 5.75 Å². The number of aromatic amines is 1. The van der Waals surface area contributed by atoms with E-state index in [1.807, 2.05) is 51.2 Å². The monoisotopic (exact) mass is 314 g/mol. The van der Waals surface area contributed by atoms with Gasteiger partial charge in [-0.1, -0.05) is 12.1 Å². The van der Waals surface area contributed by atoms with Gasteiger partial charge in [0.1, 0.15) is 5.75 Å². The summed E-state index contributed by atoms with van der Waals surface area (Å²) in [7, 11) is 1.59. The number of ether oxygens (including phenoxy) is 1. The molecule has 0 aliphatic carbocycles. The molecule has 0 atom stereocenters. The summed E-state index contributed by atoms with van der Waals surface area (Å²) in [6.45, 7) is 5.97. The Labute approximate surface area is 135 Å². The van der Waals surface area contributed by atoms with Crippen LogP contribution in [0, 0.1) is 13.8 Å². The molecule has 2 rings (SSSR count). The van der Waals surface area contributed by atoms with Crippen molar-refractivity contribution < 1.29 is 9.53 Å². The van der Waals surface area contributed by atoms with Crippen molar-refractivity contribution in [3.63, 3.8) is 0 Å². The molecule has 122 valence electrons. The molecule has 0 fully saturated rings. The fourth-order valence-electron chi connectivity index (χ4n) is 2.42. The zero-order valence-electron chi connectivity index (χ0n) is 13.9. The number of hydrogen-bond donors (Lipinski definition) is 3. The average molecular weight is 314 g/mol. The number of hydrazone groups is 1. The molecule has 1 heterocycles. The Balaban J connectivity index is 1.94. The van der Waals surface area contributed by atoms with Crippen molar-refractivity contribution >= 4 is 17.3 Å². The maximum Gasteiger partial charge on any atom is 0.259 e. The van der Waals surface area contributed by atoms with Gasteiger partial charge in [0, 0.05) is 17.5 Å². The van der Waals surface area contributed by atoms with Crippen LogP contribution in [0.25, 0.3) is 0 Å². The lowest BCUT2D eigenvalue weighted by molar-refractivity contribution is -0.119. The van der Waals surface area contributed by atoms with E-state index in [-0.39, 0.29) is 12.5 Å². The first-order chi connectivity index (χ1) is 11.0. The smallest absolute Gasteiger partial charge is 0.259 e. The van der Waals surface area contributed by atoms with Crippen LogP contribution in [0.3, 0.4) is 0 Å². The third-order valence-electron chi connectivity index (χ3n) is 3.53. The fourth-order valence-corrected chi connectivity index (χ4v) is 2.42. The summed E-state index contributed by atoms with van der Waals surface area (Å²) in [5.74, 6) is 0.472. The number of carbonyl (C=O) groups excluding carboxylic acids is 1. The number of nitrogens with one attached hydrogen (secondary N) is 3. The number of amides is 1. The van der Waals surface area contributed by atoms with Gasteiger partial charge >= 0.3 is 0 Å². The van der Waals surface area contributed by atoms with Crippen molar-refractivity contribution in [3.8, 4) is 5.75 Å². The predicted molar refractivity (Wildman–Crippen MR) is 92.1 cm³/mol. The van der Waals surface area contributed by atoms with Crippen molar-refractivity contribution in [1.29, 1.82) is 0 Å². The van der Waals surface area contributed by atoms with Gasteiger partial charge in [-0.25, -0.2) is 5.43 Å². The Kier molecular flexibility index (Phi) is 5.41.